The third-order valence-electron chi connectivity index (χ3n) is 2.55. The van der Waals surface area contributed by atoms with Gasteiger partial charge in [-0.3, -0.25) is 9.78 Å². The van der Waals surface area contributed by atoms with E-state index in [0.717, 1.165) is 10.2 Å². The largest absolute Gasteiger partial charge is 0.376 e. The molecule has 1 aromatic heterocycles. The average molecular weight is 402 g/mol. The van der Waals surface area contributed by atoms with Crippen molar-refractivity contribution in [2.75, 3.05) is 11.9 Å². The number of amides is 1. The van der Waals surface area contributed by atoms with Gasteiger partial charge in [0.2, 0.25) is 0 Å². The number of carbonyl (C=O) groups excluding carboxylic acids is 1. The van der Waals surface area contributed by atoms with E-state index >= 15 is 0 Å². The summed E-state index contributed by atoms with van der Waals surface area (Å²) in [5.74, 6) is -0.294. The summed E-state index contributed by atoms with van der Waals surface area (Å²) < 4.78 is 0.929. The van der Waals surface area contributed by atoms with Crippen molar-refractivity contribution in [3.8, 4) is 0 Å². The highest BCUT2D eigenvalue weighted by Crippen LogP contribution is 2.20. The summed E-state index contributed by atoms with van der Waals surface area (Å²) in [6.45, 7) is 0.0889. The van der Waals surface area contributed by atoms with Gasteiger partial charge in [-0.05, 0) is 18.2 Å². The van der Waals surface area contributed by atoms with E-state index in [9.17, 15) is 4.79 Å². The number of hydrogen-bond donors (Lipinski definition) is 2. The Kier molecular flexibility index (Phi) is 6.18. The zero-order chi connectivity index (χ0) is 15.9. The first-order valence-electron chi connectivity index (χ1n) is 6.16. The Morgan fingerprint density at radius 1 is 1.32 bits per heavy atom. The number of hydrazone groups is 1. The van der Waals surface area contributed by atoms with Crippen molar-refractivity contribution in [2.45, 2.75) is 0 Å². The second-order valence-electron chi connectivity index (χ2n) is 4.17. The smallest absolute Gasteiger partial charge is 0.259 e. The molecule has 0 unspecified atom stereocenters. The van der Waals surface area contributed by atoms with Crippen molar-refractivity contribution >= 4 is 56.9 Å². The van der Waals surface area contributed by atoms with Crippen LogP contribution in [0.25, 0.3) is 0 Å². The van der Waals surface area contributed by atoms with Crippen LogP contribution in [0.1, 0.15) is 5.56 Å². The van der Waals surface area contributed by atoms with E-state index in [-0.39, 0.29) is 12.5 Å². The van der Waals surface area contributed by atoms with Gasteiger partial charge in [0.05, 0.1) is 22.8 Å². The molecule has 2 N–H and O–H groups in total. The van der Waals surface area contributed by atoms with Crippen molar-refractivity contribution in [2.24, 2.45) is 5.10 Å². The topological polar surface area (TPSA) is 66.4 Å². The molecule has 1 amide bonds. The van der Waals surface area contributed by atoms with E-state index in [1.54, 1.807) is 0 Å². The number of hydrogen-bond acceptors (Lipinski definition) is 4. The van der Waals surface area contributed by atoms with Crippen LogP contribution in [0.15, 0.2) is 46.2 Å². The molecule has 8 heteroatoms. The number of nitrogens with zero attached hydrogens (tertiary/aromatic N) is 2. The second kappa shape index (κ2) is 8.12. The predicted molar refractivity (Wildman–Crippen MR) is 92.6 cm³/mol. The molecule has 0 saturated carbocycles. The molecular formula is C14H11BrCl2N4O. The molecule has 0 spiro atoms. The molecule has 2 aromatic rings. The summed E-state index contributed by atoms with van der Waals surface area (Å²) in [4.78, 5) is 15.5. The number of nitrogens with one attached hydrogen (secondary N) is 2. The highest BCUT2D eigenvalue weighted by molar-refractivity contribution is 9.10. The van der Waals surface area contributed by atoms with Gasteiger partial charge in [0.1, 0.15) is 0 Å². The average Bonchev–Trinajstić information content (AvgIpc) is 2.48. The number of halogens is 3. The van der Waals surface area contributed by atoms with Crippen molar-refractivity contribution in [1.82, 2.24) is 10.4 Å². The van der Waals surface area contributed by atoms with E-state index in [0.29, 0.717) is 15.6 Å². The maximum absolute atomic E-state index is 11.7. The molecule has 1 aromatic carbocycles. The number of benzene rings is 1. The molecule has 114 valence electrons. The minimum atomic E-state index is -0.294. The highest BCUT2D eigenvalue weighted by atomic mass is 79.9. The lowest BCUT2D eigenvalue weighted by atomic mass is 10.3. The van der Waals surface area contributed by atoms with Crippen LogP contribution >= 0.6 is 39.1 Å². The number of aromatic nitrogens is 1. The van der Waals surface area contributed by atoms with Crippen molar-refractivity contribution in [3.63, 3.8) is 0 Å². The molecule has 2 rings (SSSR count). The lowest BCUT2D eigenvalue weighted by molar-refractivity contribution is -0.119. The van der Waals surface area contributed by atoms with E-state index < -0.39 is 0 Å². The zero-order valence-electron chi connectivity index (χ0n) is 11.2. The second-order valence-corrected chi connectivity index (χ2v) is 5.90. The number of anilines is 1. The normalized spacial score (nSPS) is 10.7. The van der Waals surface area contributed by atoms with Crippen LogP contribution in [-0.2, 0) is 4.79 Å². The molecule has 0 aliphatic carbocycles. The molecular weight excluding hydrogens is 391 g/mol. The Bertz CT molecular complexity index is 689. The van der Waals surface area contributed by atoms with Gasteiger partial charge in [0.25, 0.3) is 5.91 Å². The molecule has 0 saturated heterocycles. The van der Waals surface area contributed by atoms with Crippen LogP contribution in [0.4, 0.5) is 5.69 Å². The van der Waals surface area contributed by atoms with Gasteiger partial charge >= 0.3 is 0 Å². The third kappa shape index (κ3) is 4.98. The fourth-order valence-electron chi connectivity index (χ4n) is 1.53. The van der Waals surface area contributed by atoms with Gasteiger partial charge in [-0.1, -0.05) is 45.2 Å². The minimum absolute atomic E-state index is 0.0889. The Morgan fingerprint density at radius 3 is 2.73 bits per heavy atom. The standard InChI is InChI=1S/C14H11BrCl2N4O/c15-9-2-1-3-10(4-9)19-8-14(22)21-20-5-11-12(16)6-18-7-13(11)17/h1-7,19H,8H2,(H,21,22). The van der Waals surface area contributed by atoms with E-state index in [4.69, 9.17) is 23.2 Å². The molecule has 1 heterocycles. The molecule has 0 radical (unpaired) electrons. The molecule has 0 aliphatic rings. The number of rotatable bonds is 5. The summed E-state index contributed by atoms with van der Waals surface area (Å²) in [6, 6.07) is 7.50. The van der Waals surface area contributed by atoms with Crippen LogP contribution in [0, 0.1) is 0 Å². The van der Waals surface area contributed by atoms with Crippen molar-refractivity contribution in [3.05, 3.63) is 56.7 Å². The highest BCUT2D eigenvalue weighted by Gasteiger charge is 2.04. The first kappa shape index (κ1) is 16.7. The molecule has 5 nitrogen and oxygen atoms in total. The van der Waals surface area contributed by atoms with Crippen LogP contribution < -0.4 is 10.7 Å². The van der Waals surface area contributed by atoms with Gasteiger partial charge in [-0.2, -0.15) is 5.10 Å². The maximum Gasteiger partial charge on any atom is 0.259 e. The van der Waals surface area contributed by atoms with Crippen LogP contribution in [0.2, 0.25) is 10.0 Å². The summed E-state index contributed by atoms with van der Waals surface area (Å²) in [5.41, 5.74) is 3.72. The quantitative estimate of drug-likeness (QED) is 0.592. The summed E-state index contributed by atoms with van der Waals surface area (Å²) in [5, 5.41) is 7.52. The predicted octanol–water partition coefficient (Wildman–Crippen LogP) is 3.71. The summed E-state index contributed by atoms with van der Waals surface area (Å²) >= 11 is 15.2. The Balaban J connectivity index is 1.86. The lowest BCUT2D eigenvalue weighted by Crippen LogP contribution is -2.25. The van der Waals surface area contributed by atoms with Gasteiger partial charge in [0, 0.05) is 28.1 Å². The maximum atomic E-state index is 11.7. The van der Waals surface area contributed by atoms with Gasteiger partial charge < -0.3 is 5.32 Å². The van der Waals surface area contributed by atoms with Gasteiger partial charge in [-0.15, -0.1) is 0 Å². The van der Waals surface area contributed by atoms with Crippen molar-refractivity contribution < 1.29 is 4.79 Å². The molecule has 0 bridgehead atoms. The van der Waals surface area contributed by atoms with E-state index in [1.807, 2.05) is 24.3 Å². The van der Waals surface area contributed by atoms with Gasteiger partial charge in [-0.25, -0.2) is 5.43 Å². The van der Waals surface area contributed by atoms with Gasteiger partial charge in [0.15, 0.2) is 0 Å². The Hall–Kier alpha value is -1.63. The summed E-state index contributed by atoms with van der Waals surface area (Å²) in [7, 11) is 0. The fraction of sp³-hybridized carbons (Fsp3) is 0.0714. The van der Waals surface area contributed by atoms with Crippen LogP contribution in [0.3, 0.4) is 0 Å². The number of carbonyl (C=O) groups is 1. The minimum Gasteiger partial charge on any atom is -0.376 e. The molecule has 0 aliphatic heterocycles. The SMILES string of the molecule is O=C(CNc1cccc(Br)c1)NN=Cc1c(Cl)cncc1Cl. The lowest BCUT2D eigenvalue weighted by Gasteiger charge is -2.05. The summed E-state index contributed by atoms with van der Waals surface area (Å²) in [6.07, 6.45) is 4.28. The fourth-order valence-corrected chi connectivity index (χ4v) is 2.40. The Labute approximate surface area is 145 Å². The first-order valence-corrected chi connectivity index (χ1v) is 7.71. The Morgan fingerprint density at radius 2 is 2.05 bits per heavy atom. The molecule has 0 atom stereocenters. The monoisotopic (exact) mass is 400 g/mol. The third-order valence-corrected chi connectivity index (χ3v) is 3.65. The molecule has 22 heavy (non-hydrogen) atoms. The number of pyridine rings is 1. The molecule has 0 fully saturated rings. The van der Waals surface area contributed by atoms with Crippen LogP contribution in [0.5, 0.6) is 0 Å². The zero-order valence-corrected chi connectivity index (χ0v) is 14.3. The van der Waals surface area contributed by atoms with E-state index in [2.05, 4.69) is 36.8 Å². The first-order chi connectivity index (χ1) is 10.6. The van der Waals surface area contributed by atoms with E-state index in [1.165, 1.54) is 18.6 Å². The van der Waals surface area contributed by atoms with Crippen LogP contribution in [-0.4, -0.2) is 23.7 Å². The van der Waals surface area contributed by atoms with Crippen molar-refractivity contribution in [1.29, 1.82) is 0 Å².